The van der Waals surface area contributed by atoms with Gasteiger partial charge in [-0.3, -0.25) is 0 Å². The molecule has 1 fully saturated rings. The Balaban J connectivity index is 1.86. The van der Waals surface area contributed by atoms with Gasteiger partial charge >= 0.3 is 0 Å². The molecule has 3 rings (SSSR count). The highest BCUT2D eigenvalue weighted by Gasteiger charge is 2.27. The molecule has 4 nitrogen and oxygen atoms in total. The lowest BCUT2D eigenvalue weighted by atomic mass is 9.99. The zero-order chi connectivity index (χ0) is 14.8. The van der Waals surface area contributed by atoms with Crippen molar-refractivity contribution in [1.82, 2.24) is 5.32 Å². The van der Waals surface area contributed by atoms with Gasteiger partial charge in [0, 0.05) is 12.6 Å². The van der Waals surface area contributed by atoms with Crippen LogP contribution in [0.25, 0.3) is 0 Å². The Bertz CT molecular complexity index is 486. The lowest BCUT2D eigenvalue weighted by Crippen LogP contribution is -2.39. The Labute approximate surface area is 127 Å². The fourth-order valence-electron chi connectivity index (χ4n) is 3.42. The number of nitrogens with one attached hydrogen (secondary N) is 1. The van der Waals surface area contributed by atoms with Crippen molar-refractivity contribution < 1.29 is 9.84 Å². The first-order valence-corrected chi connectivity index (χ1v) is 8.16. The molecule has 1 aromatic rings. The molecule has 0 aromatic heterocycles. The molecular formula is C17H26N2O2. The van der Waals surface area contributed by atoms with Crippen molar-refractivity contribution in [2.75, 3.05) is 24.5 Å². The highest BCUT2D eigenvalue weighted by Crippen LogP contribution is 2.36. The van der Waals surface area contributed by atoms with Gasteiger partial charge in [-0.05, 0) is 50.4 Å². The number of aliphatic hydroxyl groups is 1. The van der Waals surface area contributed by atoms with Crippen molar-refractivity contribution in [3.05, 3.63) is 23.8 Å². The molecule has 2 aliphatic rings. The quantitative estimate of drug-likeness (QED) is 0.894. The van der Waals surface area contributed by atoms with E-state index in [9.17, 15) is 5.11 Å². The van der Waals surface area contributed by atoms with Crippen LogP contribution in [-0.4, -0.2) is 36.9 Å². The van der Waals surface area contributed by atoms with Crippen LogP contribution >= 0.6 is 0 Å². The topological polar surface area (TPSA) is 44.7 Å². The molecule has 1 aromatic carbocycles. The van der Waals surface area contributed by atoms with E-state index in [4.69, 9.17) is 4.74 Å². The van der Waals surface area contributed by atoms with Crippen LogP contribution in [0.4, 0.5) is 5.69 Å². The molecule has 0 aliphatic carbocycles. The number of nitrogens with zero attached hydrogens (tertiary/aromatic N) is 1. The van der Waals surface area contributed by atoms with E-state index in [-0.39, 0.29) is 12.1 Å². The Hall–Kier alpha value is -1.26. The molecule has 4 heteroatoms. The number of hydrogen-bond acceptors (Lipinski definition) is 4. The van der Waals surface area contributed by atoms with Crippen LogP contribution in [0.15, 0.2) is 18.2 Å². The SMILES string of the molecule is CCCN1CC(C)Oc2ccc(C(O)C3CCCN3)cc21. The number of rotatable bonds is 4. The first-order valence-electron chi connectivity index (χ1n) is 8.16. The van der Waals surface area contributed by atoms with E-state index in [0.29, 0.717) is 0 Å². The third-order valence-corrected chi connectivity index (χ3v) is 4.44. The second-order valence-electron chi connectivity index (χ2n) is 6.25. The second kappa shape index (κ2) is 6.24. The predicted octanol–water partition coefficient (Wildman–Crippen LogP) is 2.47. The zero-order valence-corrected chi connectivity index (χ0v) is 13.0. The molecule has 2 aliphatic heterocycles. The first kappa shape index (κ1) is 14.7. The van der Waals surface area contributed by atoms with Gasteiger partial charge in [0.15, 0.2) is 0 Å². The monoisotopic (exact) mass is 290 g/mol. The van der Waals surface area contributed by atoms with Crippen molar-refractivity contribution in [3.63, 3.8) is 0 Å². The van der Waals surface area contributed by atoms with E-state index in [1.165, 1.54) is 0 Å². The van der Waals surface area contributed by atoms with E-state index < -0.39 is 6.10 Å². The summed E-state index contributed by atoms with van der Waals surface area (Å²) in [5.74, 6) is 0.942. The van der Waals surface area contributed by atoms with Gasteiger partial charge in [0.1, 0.15) is 11.9 Å². The Morgan fingerprint density at radius 2 is 2.33 bits per heavy atom. The highest BCUT2D eigenvalue weighted by molar-refractivity contribution is 5.62. The lowest BCUT2D eigenvalue weighted by molar-refractivity contribution is 0.137. The van der Waals surface area contributed by atoms with Crippen molar-refractivity contribution in [3.8, 4) is 5.75 Å². The molecular weight excluding hydrogens is 264 g/mol. The summed E-state index contributed by atoms with van der Waals surface area (Å²) in [6.07, 6.45) is 3.10. The van der Waals surface area contributed by atoms with Crippen LogP contribution in [0, 0.1) is 0 Å². The minimum absolute atomic E-state index is 0.186. The summed E-state index contributed by atoms with van der Waals surface area (Å²) < 4.78 is 5.93. The maximum Gasteiger partial charge on any atom is 0.143 e. The number of anilines is 1. The van der Waals surface area contributed by atoms with E-state index in [2.05, 4.69) is 30.1 Å². The van der Waals surface area contributed by atoms with Gasteiger partial charge in [0.25, 0.3) is 0 Å². The Kier molecular flexibility index (Phi) is 4.36. The molecule has 0 bridgehead atoms. The molecule has 116 valence electrons. The second-order valence-corrected chi connectivity index (χ2v) is 6.25. The van der Waals surface area contributed by atoms with Gasteiger partial charge in [-0.15, -0.1) is 0 Å². The summed E-state index contributed by atoms with van der Waals surface area (Å²) >= 11 is 0. The Morgan fingerprint density at radius 3 is 3.05 bits per heavy atom. The largest absolute Gasteiger partial charge is 0.487 e. The van der Waals surface area contributed by atoms with Gasteiger partial charge in [0.05, 0.1) is 18.3 Å². The maximum atomic E-state index is 10.6. The molecule has 0 saturated carbocycles. The molecule has 0 radical (unpaired) electrons. The lowest BCUT2D eigenvalue weighted by Gasteiger charge is -2.35. The molecule has 1 saturated heterocycles. The van der Waals surface area contributed by atoms with Gasteiger partial charge in [0.2, 0.25) is 0 Å². The zero-order valence-electron chi connectivity index (χ0n) is 13.0. The van der Waals surface area contributed by atoms with Crippen molar-refractivity contribution in [1.29, 1.82) is 0 Å². The van der Waals surface area contributed by atoms with E-state index in [0.717, 1.165) is 55.9 Å². The van der Waals surface area contributed by atoms with Gasteiger partial charge in [-0.1, -0.05) is 13.0 Å². The summed E-state index contributed by atoms with van der Waals surface area (Å²) in [6, 6.07) is 6.32. The number of ether oxygens (including phenoxy) is 1. The third-order valence-electron chi connectivity index (χ3n) is 4.44. The molecule has 2 heterocycles. The fourth-order valence-corrected chi connectivity index (χ4v) is 3.42. The number of fused-ring (bicyclic) bond motifs is 1. The molecule has 3 atom stereocenters. The summed E-state index contributed by atoms with van der Waals surface area (Å²) in [4.78, 5) is 2.38. The number of hydrogen-bond donors (Lipinski definition) is 2. The average molecular weight is 290 g/mol. The van der Waals surface area contributed by atoms with Crippen molar-refractivity contribution >= 4 is 5.69 Å². The number of aliphatic hydroxyl groups excluding tert-OH is 1. The van der Waals surface area contributed by atoms with Crippen LogP contribution in [-0.2, 0) is 0 Å². The summed E-state index contributed by atoms with van der Waals surface area (Å²) in [5, 5.41) is 14.0. The van der Waals surface area contributed by atoms with E-state index in [1.807, 2.05) is 12.1 Å². The highest BCUT2D eigenvalue weighted by atomic mass is 16.5. The summed E-state index contributed by atoms with van der Waals surface area (Å²) in [7, 11) is 0. The van der Waals surface area contributed by atoms with E-state index >= 15 is 0 Å². The van der Waals surface area contributed by atoms with Crippen LogP contribution in [0.1, 0.15) is 44.8 Å². The van der Waals surface area contributed by atoms with Crippen LogP contribution in [0.3, 0.4) is 0 Å². The molecule has 0 amide bonds. The molecule has 0 spiro atoms. The van der Waals surface area contributed by atoms with Crippen molar-refractivity contribution in [2.24, 2.45) is 0 Å². The van der Waals surface area contributed by atoms with Crippen LogP contribution < -0.4 is 15.0 Å². The fraction of sp³-hybridized carbons (Fsp3) is 0.647. The molecule has 21 heavy (non-hydrogen) atoms. The van der Waals surface area contributed by atoms with Crippen LogP contribution in [0.5, 0.6) is 5.75 Å². The predicted molar refractivity (Wildman–Crippen MR) is 85.0 cm³/mol. The summed E-state index contributed by atoms with van der Waals surface area (Å²) in [5.41, 5.74) is 2.12. The summed E-state index contributed by atoms with van der Waals surface area (Å²) in [6.45, 7) is 7.26. The van der Waals surface area contributed by atoms with Gasteiger partial charge in [-0.2, -0.15) is 0 Å². The normalized spacial score (nSPS) is 26.3. The van der Waals surface area contributed by atoms with Crippen LogP contribution in [0.2, 0.25) is 0 Å². The van der Waals surface area contributed by atoms with Gasteiger partial charge < -0.3 is 20.1 Å². The third kappa shape index (κ3) is 3.01. The average Bonchev–Trinajstić information content (AvgIpc) is 3.00. The smallest absolute Gasteiger partial charge is 0.143 e. The number of benzene rings is 1. The Morgan fingerprint density at radius 1 is 1.48 bits per heavy atom. The maximum absolute atomic E-state index is 10.6. The van der Waals surface area contributed by atoms with E-state index in [1.54, 1.807) is 0 Å². The standard InChI is InChI=1S/C17H26N2O2/c1-3-9-19-11-12(2)21-16-7-6-13(10-15(16)19)17(20)14-5-4-8-18-14/h6-7,10,12,14,17-18,20H,3-5,8-9,11H2,1-2H3. The van der Waals surface area contributed by atoms with Gasteiger partial charge in [-0.25, -0.2) is 0 Å². The minimum Gasteiger partial charge on any atom is -0.487 e. The molecule has 2 N–H and O–H groups in total. The minimum atomic E-state index is -0.430. The first-order chi connectivity index (χ1) is 10.2. The molecule has 3 unspecified atom stereocenters. The van der Waals surface area contributed by atoms with Crippen molar-refractivity contribution in [2.45, 2.75) is 51.4 Å².